The number of nitrogens with two attached hydrogens (primary N) is 1. The number of nitrogens with one attached hydrogen (secondary N) is 1. The Balaban J connectivity index is 1.63. The molecule has 2 aromatic heterocycles. The number of benzene rings is 1. The Bertz CT molecular complexity index is 1280. The molecule has 1 amide bonds. The predicted molar refractivity (Wildman–Crippen MR) is 141 cm³/mol. The van der Waals surface area contributed by atoms with Crippen molar-refractivity contribution < 1.29 is 4.79 Å². The number of hydrogen-bond donors (Lipinski definition) is 2. The number of hydrogen-bond acceptors (Lipinski definition) is 7. The lowest BCUT2D eigenvalue weighted by Crippen LogP contribution is -2.45. The fourth-order valence-corrected chi connectivity index (χ4v) is 5.79. The van der Waals surface area contributed by atoms with E-state index in [1.165, 1.54) is 9.47 Å². The molecule has 1 aromatic carbocycles. The number of nitrogen functional groups attached to an aromatic ring is 1. The van der Waals surface area contributed by atoms with Crippen molar-refractivity contribution in [2.45, 2.75) is 59.0 Å². The molecule has 0 radical (unpaired) electrons. The van der Waals surface area contributed by atoms with Gasteiger partial charge < -0.3 is 10.6 Å². The third-order valence-corrected chi connectivity index (χ3v) is 7.50. The molecular weight excluding hydrogens is 464 g/mol. The van der Waals surface area contributed by atoms with Crippen LogP contribution in [0.15, 0.2) is 33.9 Å². The number of aromatic nitrogens is 3. The number of para-hydroxylation sites is 1. The maximum absolute atomic E-state index is 13.6. The number of aromatic amines is 1. The van der Waals surface area contributed by atoms with Gasteiger partial charge in [-0.15, -0.1) is 11.3 Å². The van der Waals surface area contributed by atoms with Gasteiger partial charge in [0, 0.05) is 13.1 Å². The summed E-state index contributed by atoms with van der Waals surface area (Å²) in [7, 11) is 0. The maximum Gasteiger partial charge on any atom is 0.330 e. The van der Waals surface area contributed by atoms with Crippen LogP contribution in [0.3, 0.4) is 0 Å². The molecule has 0 spiro atoms. The van der Waals surface area contributed by atoms with Crippen LogP contribution in [-0.2, 0) is 11.3 Å². The van der Waals surface area contributed by atoms with Crippen LogP contribution in [0.2, 0.25) is 0 Å². The number of unbranched alkanes of at least 4 members (excludes halogenated alkanes) is 1. The van der Waals surface area contributed by atoms with Crippen LogP contribution >= 0.6 is 11.3 Å². The summed E-state index contributed by atoms with van der Waals surface area (Å²) in [6.07, 6.45) is 3.48. The van der Waals surface area contributed by atoms with Gasteiger partial charge in [0.05, 0.1) is 22.8 Å². The molecule has 4 rings (SSSR count). The molecule has 1 saturated heterocycles. The van der Waals surface area contributed by atoms with Crippen molar-refractivity contribution in [2.75, 3.05) is 30.3 Å². The average molecular weight is 499 g/mol. The number of amides is 1. The normalized spacial score (nSPS) is 16.4. The average Bonchev–Trinajstić information content (AvgIpc) is 3.44. The highest BCUT2D eigenvalue weighted by Gasteiger charge is 2.33. The minimum atomic E-state index is -0.624. The van der Waals surface area contributed by atoms with E-state index in [1.807, 2.05) is 39.0 Å². The second kappa shape index (κ2) is 10.7. The summed E-state index contributed by atoms with van der Waals surface area (Å²) >= 11 is 1.67. The van der Waals surface area contributed by atoms with E-state index in [2.05, 4.69) is 16.0 Å². The summed E-state index contributed by atoms with van der Waals surface area (Å²) in [4.78, 5) is 49.7. The molecule has 3 heterocycles. The summed E-state index contributed by atoms with van der Waals surface area (Å²) in [6.45, 7) is 7.62. The zero-order valence-electron chi connectivity index (χ0n) is 20.6. The monoisotopic (exact) mass is 498 g/mol. The largest absolute Gasteiger partial charge is 0.383 e. The second-order valence-corrected chi connectivity index (χ2v) is 10.6. The molecule has 1 aliphatic heterocycles. The van der Waals surface area contributed by atoms with Crippen LogP contribution in [0.5, 0.6) is 0 Å². The van der Waals surface area contributed by atoms with E-state index in [-0.39, 0.29) is 35.9 Å². The number of carbonyl (C=O) groups excluding carboxylic acids is 1. The number of rotatable bonds is 9. The Labute approximate surface area is 208 Å². The highest BCUT2D eigenvalue weighted by molar-refractivity contribution is 7.18. The first kappa shape index (κ1) is 25.1. The van der Waals surface area contributed by atoms with E-state index in [0.717, 1.165) is 47.5 Å². The molecule has 188 valence electrons. The Morgan fingerprint density at radius 1 is 1.31 bits per heavy atom. The summed E-state index contributed by atoms with van der Waals surface area (Å²) in [5, 5.41) is 1.01. The molecule has 3 N–H and O–H groups in total. The van der Waals surface area contributed by atoms with Crippen molar-refractivity contribution in [3.8, 4) is 0 Å². The Kier molecular flexibility index (Phi) is 7.71. The molecule has 0 saturated carbocycles. The SMILES string of the molecule is CCCCN(C(=O)CN1CCC[C@@H]1c1nc2ccccc2s1)c1c(N)n(CC(C)C)c(=O)[nH]c1=O. The number of thiazole rings is 1. The van der Waals surface area contributed by atoms with Gasteiger partial charge >= 0.3 is 5.69 Å². The van der Waals surface area contributed by atoms with E-state index in [9.17, 15) is 14.4 Å². The first-order valence-corrected chi connectivity index (χ1v) is 13.1. The predicted octanol–water partition coefficient (Wildman–Crippen LogP) is 3.35. The number of likely N-dealkylation sites (tertiary alicyclic amines) is 1. The summed E-state index contributed by atoms with van der Waals surface area (Å²) < 4.78 is 2.49. The second-order valence-electron chi connectivity index (χ2n) is 9.54. The van der Waals surface area contributed by atoms with Crippen LogP contribution < -0.4 is 21.9 Å². The first-order chi connectivity index (χ1) is 16.8. The van der Waals surface area contributed by atoms with Crippen LogP contribution in [-0.4, -0.2) is 45.0 Å². The molecule has 10 heteroatoms. The van der Waals surface area contributed by atoms with E-state index >= 15 is 0 Å². The summed E-state index contributed by atoms with van der Waals surface area (Å²) in [5.41, 5.74) is 6.21. The Morgan fingerprint density at radius 3 is 2.80 bits per heavy atom. The van der Waals surface area contributed by atoms with Gasteiger partial charge in [0.1, 0.15) is 10.8 Å². The fraction of sp³-hybridized carbons (Fsp3) is 0.520. The van der Waals surface area contributed by atoms with Crippen molar-refractivity contribution in [3.63, 3.8) is 0 Å². The molecule has 9 nitrogen and oxygen atoms in total. The van der Waals surface area contributed by atoms with Crippen LogP contribution in [0.1, 0.15) is 57.5 Å². The maximum atomic E-state index is 13.6. The van der Waals surface area contributed by atoms with Crippen LogP contribution in [0, 0.1) is 5.92 Å². The Morgan fingerprint density at radius 2 is 2.09 bits per heavy atom. The number of fused-ring (bicyclic) bond motifs is 1. The molecule has 1 atom stereocenters. The molecule has 0 bridgehead atoms. The number of anilines is 2. The van der Waals surface area contributed by atoms with Crippen molar-refractivity contribution in [1.29, 1.82) is 0 Å². The van der Waals surface area contributed by atoms with Gasteiger partial charge in [-0.3, -0.25) is 24.0 Å². The molecule has 1 aliphatic rings. The van der Waals surface area contributed by atoms with Crippen LogP contribution in [0.4, 0.5) is 11.5 Å². The zero-order valence-corrected chi connectivity index (χ0v) is 21.4. The van der Waals surface area contributed by atoms with Gasteiger partial charge in [-0.25, -0.2) is 9.78 Å². The van der Waals surface area contributed by atoms with Crippen molar-refractivity contribution >= 4 is 39.0 Å². The van der Waals surface area contributed by atoms with Gasteiger partial charge in [0.15, 0.2) is 5.69 Å². The Hall–Kier alpha value is -2.98. The van der Waals surface area contributed by atoms with Gasteiger partial charge in [0.25, 0.3) is 5.56 Å². The lowest BCUT2D eigenvalue weighted by molar-refractivity contribution is -0.120. The fourth-order valence-electron chi connectivity index (χ4n) is 4.65. The topological polar surface area (TPSA) is 117 Å². The van der Waals surface area contributed by atoms with Crippen molar-refractivity contribution in [1.82, 2.24) is 19.4 Å². The molecule has 35 heavy (non-hydrogen) atoms. The quantitative estimate of drug-likeness (QED) is 0.467. The minimum Gasteiger partial charge on any atom is -0.383 e. The lowest BCUT2D eigenvalue weighted by Gasteiger charge is -2.28. The lowest BCUT2D eigenvalue weighted by atomic mass is 10.2. The third-order valence-electron chi connectivity index (χ3n) is 6.37. The van der Waals surface area contributed by atoms with Crippen molar-refractivity contribution in [2.24, 2.45) is 5.92 Å². The third kappa shape index (κ3) is 5.33. The summed E-state index contributed by atoms with van der Waals surface area (Å²) in [6, 6.07) is 8.12. The van der Waals surface area contributed by atoms with E-state index in [0.29, 0.717) is 13.1 Å². The smallest absolute Gasteiger partial charge is 0.330 e. The van der Waals surface area contributed by atoms with Gasteiger partial charge in [0.2, 0.25) is 5.91 Å². The van der Waals surface area contributed by atoms with Gasteiger partial charge in [-0.2, -0.15) is 0 Å². The molecule has 3 aromatic rings. The summed E-state index contributed by atoms with van der Waals surface area (Å²) in [5.74, 6) is -0.00725. The van der Waals surface area contributed by atoms with E-state index in [4.69, 9.17) is 10.7 Å². The number of carbonyl (C=O) groups is 1. The highest BCUT2D eigenvalue weighted by atomic mass is 32.1. The van der Waals surface area contributed by atoms with Gasteiger partial charge in [-0.05, 0) is 43.9 Å². The standard InChI is InChI=1S/C25H34N6O3S/c1-4-5-13-30(21-22(26)31(14-16(2)3)25(34)28-23(21)33)20(32)15-29-12-8-10-18(29)24-27-17-9-6-7-11-19(17)35-24/h6-7,9,11,16,18H,4-5,8,10,12-15,26H2,1-3H3,(H,28,33,34)/t18-/m1/s1. The molecular formula is C25H34N6O3S. The van der Waals surface area contributed by atoms with Crippen LogP contribution in [0.25, 0.3) is 10.2 Å². The number of H-pyrrole nitrogens is 1. The van der Waals surface area contributed by atoms with Crippen molar-refractivity contribution in [3.05, 3.63) is 50.1 Å². The highest BCUT2D eigenvalue weighted by Crippen LogP contribution is 2.36. The molecule has 0 unspecified atom stereocenters. The first-order valence-electron chi connectivity index (χ1n) is 12.3. The number of nitrogens with zero attached hydrogens (tertiary/aromatic N) is 4. The van der Waals surface area contributed by atoms with E-state index in [1.54, 1.807) is 11.3 Å². The molecule has 1 fully saturated rings. The zero-order chi connectivity index (χ0) is 25.1. The van der Waals surface area contributed by atoms with E-state index < -0.39 is 11.2 Å². The minimum absolute atomic E-state index is 0.0426. The van der Waals surface area contributed by atoms with Gasteiger partial charge in [-0.1, -0.05) is 39.3 Å². The molecule has 0 aliphatic carbocycles.